The highest BCUT2D eigenvalue weighted by molar-refractivity contribution is 6.30. The van der Waals surface area contributed by atoms with Crippen molar-refractivity contribution in [3.05, 3.63) is 75.4 Å². The summed E-state index contributed by atoms with van der Waals surface area (Å²) in [5.74, 6) is 0. The Bertz CT molecular complexity index is 859. The minimum absolute atomic E-state index is 0.0284. The molecule has 1 heterocycles. The predicted molar refractivity (Wildman–Crippen MR) is 88.6 cm³/mol. The zero-order valence-corrected chi connectivity index (χ0v) is 12.8. The van der Waals surface area contributed by atoms with E-state index < -0.39 is 4.92 Å². The van der Waals surface area contributed by atoms with E-state index in [0.29, 0.717) is 16.3 Å². The zero-order valence-electron chi connectivity index (χ0n) is 12.0. The van der Waals surface area contributed by atoms with Gasteiger partial charge in [-0.3, -0.25) is 10.1 Å². The third kappa shape index (κ3) is 3.08. The molecule has 23 heavy (non-hydrogen) atoms. The van der Waals surface area contributed by atoms with Gasteiger partial charge in [0, 0.05) is 29.3 Å². The second kappa shape index (κ2) is 6.20. The number of nitro benzene ring substituents is 1. The molecule has 3 aromatic rings. The molecule has 0 bridgehead atoms. The van der Waals surface area contributed by atoms with E-state index in [1.54, 1.807) is 28.9 Å². The molecule has 3 rings (SSSR count). The Hall–Kier alpha value is -2.70. The van der Waals surface area contributed by atoms with Crippen molar-refractivity contribution in [3.63, 3.8) is 0 Å². The summed E-state index contributed by atoms with van der Waals surface area (Å²) >= 11 is 5.92. The van der Waals surface area contributed by atoms with E-state index in [9.17, 15) is 10.1 Å². The molecule has 0 saturated heterocycles. The molecule has 116 valence electrons. The molecule has 0 fully saturated rings. The molecule has 0 saturated carbocycles. The Morgan fingerprint density at radius 1 is 1.17 bits per heavy atom. The van der Waals surface area contributed by atoms with Crippen molar-refractivity contribution in [2.45, 2.75) is 6.54 Å². The van der Waals surface area contributed by atoms with Crippen LogP contribution < -0.4 is 5.73 Å². The van der Waals surface area contributed by atoms with Gasteiger partial charge in [0.1, 0.15) is 0 Å². The smallest absolute Gasteiger partial charge is 0.270 e. The molecule has 6 nitrogen and oxygen atoms in total. The minimum Gasteiger partial charge on any atom is -0.325 e. The lowest BCUT2D eigenvalue weighted by molar-refractivity contribution is -0.384. The van der Waals surface area contributed by atoms with E-state index in [1.807, 2.05) is 18.2 Å². The number of hydrogen-bond acceptors (Lipinski definition) is 4. The van der Waals surface area contributed by atoms with E-state index in [1.165, 1.54) is 12.1 Å². The lowest BCUT2D eigenvalue weighted by Crippen LogP contribution is -2.01. The number of halogens is 1. The number of nitrogens with two attached hydrogens (primary N) is 1. The average Bonchev–Trinajstić information content (AvgIpc) is 3.00. The van der Waals surface area contributed by atoms with Crippen LogP contribution in [0.1, 0.15) is 5.69 Å². The molecular formula is C16H13ClN4O2. The number of non-ortho nitro benzene ring substituents is 1. The Kier molecular flexibility index (Phi) is 4.10. The summed E-state index contributed by atoms with van der Waals surface area (Å²) in [6, 6.07) is 15.4. The fourth-order valence-electron chi connectivity index (χ4n) is 2.29. The molecule has 0 atom stereocenters. The first-order valence-electron chi connectivity index (χ1n) is 6.88. The molecule has 1 aromatic heterocycles. The van der Waals surface area contributed by atoms with Gasteiger partial charge in [-0.25, -0.2) is 4.68 Å². The van der Waals surface area contributed by atoms with Gasteiger partial charge in [0.05, 0.1) is 22.0 Å². The second-order valence-corrected chi connectivity index (χ2v) is 5.36. The number of nitro groups is 1. The molecular weight excluding hydrogens is 316 g/mol. The number of aromatic nitrogens is 2. The van der Waals surface area contributed by atoms with E-state index >= 15 is 0 Å². The first-order chi connectivity index (χ1) is 11.1. The normalized spacial score (nSPS) is 10.7. The Morgan fingerprint density at radius 2 is 1.91 bits per heavy atom. The Morgan fingerprint density at radius 3 is 2.57 bits per heavy atom. The van der Waals surface area contributed by atoms with Crippen molar-refractivity contribution in [3.8, 4) is 16.9 Å². The molecule has 2 aromatic carbocycles. The maximum absolute atomic E-state index is 11.0. The Labute approximate surface area is 137 Å². The van der Waals surface area contributed by atoms with Gasteiger partial charge < -0.3 is 5.73 Å². The van der Waals surface area contributed by atoms with Crippen LogP contribution in [0.4, 0.5) is 5.69 Å². The van der Waals surface area contributed by atoms with Crippen LogP contribution in [0, 0.1) is 10.1 Å². The maximum Gasteiger partial charge on any atom is 0.270 e. The largest absolute Gasteiger partial charge is 0.325 e. The monoisotopic (exact) mass is 328 g/mol. The van der Waals surface area contributed by atoms with Crippen molar-refractivity contribution in [1.29, 1.82) is 0 Å². The predicted octanol–water partition coefficient (Wildman–Crippen LogP) is 3.56. The summed E-state index contributed by atoms with van der Waals surface area (Å²) in [5.41, 5.74) is 8.64. The number of benzene rings is 2. The van der Waals surface area contributed by atoms with Crippen LogP contribution in [-0.4, -0.2) is 14.7 Å². The van der Waals surface area contributed by atoms with Crippen LogP contribution in [0.2, 0.25) is 5.02 Å². The average molecular weight is 329 g/mol. The second-order valence-electron chi connectivity index (χ2n) is 4.92. The van der Waals surface area contributed by atoms with Gasteiger partial charge >= 0.3 is 0 Å². The molecule has 7 heteroatoms. The van der Waals surface area contributed by atoms with Gasteiger partial charge in [-0.05, 0) is 30.3 Å². The minimum atomic E-state index is -0.420. The fourth-order valence-corrected chi connectivity index (χ4v) is 2.42. The molecule has 2 N–H and O–H groups in total. The summed E-state index contributed by atoms with van der Waals surface area (Å²) < 4.78 is 1.71. The first kappa shape index (κ1) is 15.2. The quantitative estimate of drug-likeness (QED) is 0.586. The SMILES string of the molecule is NCc1cc(-c2cccc([N+](=O)[O-])c2)n(-c2ccc(Cl)cc2)n1. The van der Waals surface area contributed by atoms with Gasteiger partial charge in [-0.2, -0.15) is 5.10 Å². The fraction of sp³-hybridized carbons (Fsp3) is 0.0625. The third-order valence-electron chi connectivity index (χ3n) is 3.39. The Balaban J connectivity index is 2.15. The lowest BCUT2D eigenvalue weighted by Gasteiger charge is -2.07. The van der Waals surface area contributed by atoms with Crippen LogP contribution in [0.3, 0.4) is 0 Å². The molecule has 0 aliphatic heterocycles. The standard InChI is InChI=1S/C16H13ClN4O2/c17-12-4-6-14(7-5-12)20-16(9-13(10-18)19-20)11-2-1-3-15(8-11)21(22)23/h1-9H,10,18H2. The highest BCUT2D eigenvalue weighted by Gasteiger charge is 2.14. The zero-order chi connectivity index (χ0) is 16.4. The van der Waals surface area contributed by atoms with Gasteiger partial charge in [-0.1, -0.05) is 23.7 Å². The van der Waals surface area contributed by atoms with E-state index in [-0.39, 0.29) is 12.2 Å². The summed E-state index contributed by atoms with van der Waals surface area (Å²) in [6.07, 6.45) is 0. The molecule has 0 spiro atoms. The van der Waals surface area contributed by atoms with Gasteiger partial charge in [0.2, 0.25) is 0 Å². The lowest BCUT2D eigenvalue weighted by atomic mass is 10.1. The molecule has 0 radical (unpaired) electrons. The maximum atomic E-state index is 11.0. The van der Waals surface area contributed by atoms with Crippen molar-refractivity contribution in [2.75, 3.05) is 0 Å². The van der Waals surface area contributed by atoms with Gasteiger partial charge in [0.15, 0.2) is 0 Å². The van der Waals surface area contributed by atoms with Crippen LogP contribution in [0.25, 0.3) is 16.9 Å². The topological polar surface area (TPSA) is 87.0 Å². The molecule has 0 amide bonds. The van der Waals surface area contributed by atoms with Gasteiger partial charge in [0.25, 0.3) is 5.69 Å². The number of hydrogen-bond donors (Lipinski definition) is 1. The van der Waals surface area contributed by atoms with Crippen LogP contribution in [0.15, 0.2) is 54.6 Å². The number of rotatable bonds is 4. The van der Waals surface area contributed by atoms with Crippen LogP contribution in [-0.2, 0) is 6.54 Å². The van der Waals surface area contributed by atoms with E-state index in [4.69, 9.17) is 17.3 Å². The third-order valence-corrected chi connectivity index (χ3v) is 3.65. The van der Waals surface area contributed by atoms with Crippen LogP contribution >= 0.6 is 11.6 Å². The number of nitrogens with zero attached hydrogens (tertiary/aromatic N) is 3. The highest BCUT2D eigenvalue weighted by atomic mass is 35.5. The summed E-state index contributed by atoms with van der Waals surface area (Å²) in [7, 11) is 0. The van der Waals surface area contributed by atoms with Crippen molar-refractivity contribution < 1.29 is 4.92 Å². The summed E-state index contributed by atoms with van der Waals surface area (Å²) in [4.78, 5) is 10.6. The molecule has 0 unspecified atom stereocenters. The van der Waals surface area contributed by atoms with Crippen LogP contribution in [0.5, 0.6) is 0 Å². The van der Waals surface area contributed by atoms with E-state index in [0.717, 1.165) is 11.4 Å². The van der Waals surface area contributed by atoms with Gasteiger partial charge in [-0.15, -0.1) is 0 Å². The molecule has 0 aliphatic carbocycles. The van der Waals surface area contributed by atoms with Crippen molar-refractivity contribution >= 4 is 17.3 Å². The van der Waals surface area contributed by atoms with Crippen molar-refractivity contribution in [2.24, 2.45) is 5.73 Å². The first-order valence-corrected chi connectivity index (χ1v) is 7.26. The highest BCUT2D eigenvalue weighted by Crippen LogP contribution is 2.27. The molecule has 0 aliphatic rings. The van der Waals surface area contributed by atoms with E-state index in [2.05, 4.69) is 5.10 Å². The summed E-state index contributed by atoms with van der Waals surface area (Å²) in [5, 5.41) is 16.1. The van der Waals surface area contributed by atoms with Crippen molar-refractivity contribution in [1.82, 2.24) is 9.78 Å². The summed E-state index contributed by atoms with van der Waals surface area (Å²) in [6.45, 7) is 0.280.